The van der Waals surface area contributed by atoms with Crippen molar-refractivity contribution in [3.05, 3.63) is 88.2 Å². The Morgan fingerprint density at radius 3 is 2.75 bits per heavy atom. The van der Waals surface area contributed by atoms with Crippen molar-refractivity contribution in [2.45, 2.75) is 42.0 Å². The second kappa shape index (κ2) is 8.38. The molecule has 1 heterocycles. The second-order valence-electron chi connectivity index (χ2n) is 6.97. The average molecular weight is 409 g/mol. The Kier molecular flexibility index (Phi) is 5.69. The van der Waals surface area contributed by atoms with E-state index in [1.54, 1.807) is 18.0 Å². The van der Waals surface area contributed by atoms with Crippen LogP contribution < -0.4 is 5.32 Å². The molecule has 3 nitrogen and oxygen atoms in total. The number of nitrogens with zero attached hydrogens (tertiary/aromatic N) is 1. The Balaban J connectivity index is 1.63. The highest BCUT2D eigenvalue weighted by Crippen LogP contribution is 2.40. The molecular formula is C23H21ClN2OS. The molecule has 142 valence electrons. The molecule has 0 bridgehead atoms. The van der Waals surface area contributed by atoms with Crippen molar-refractivity contribution in [2.24, 2.45) is 0 Å². The first kappa shape index (κ1) is 19.0. The molecule has 1 unspecified atom stereocenters. The summed E-state index contributed by atoms with van der Waals surface area (Å²) in [4.78, 5) is 19.4. The molecule has 1 aliphatic rings. The zero-order valence-corrected chi connectivity index (χ0v) is 17.2. The van der Waals surface area contributed by atoms with Crippen LogP contribution in [0.3, 0.4) is 0 Å². The molecule has 0 radical (unpaired) electrons. The number of hydrogen-bond acceptors (Lipinski definition) is 3. The van der Waals surface area contributed by atoms with Crippen LogP contribution in [-0.4, -0.2) is 10.9 Å². The fourth-order valence-electron chi connectivity index (χ4n) is 3.66. The van der Waals surface area contributed by atoms with E-state index >= 15 is 0 Å². The summed E-state index contributed by atoms with van der Waals surface area (Å²) in [6, 6.07) is 18.0. The molecule has 5 heteroatoms. The lowest BCUT2D eigenvalue weighted by Gasteiger charge is -2.28. The van der Waals surface area contributed by atoms with E-state index in [1.807, 2.05) is 43.3 Å². The highest BCUT2D eigenvalue weighted by atomic mass is 35.5. The van der Waals surface area contributed by atoms with Gasteiger partial charge in [0.25, 0.3) is 5.91 Å². The Hall–Kier alpha value is -2.30. The van der Waals surface area contributed by atoms with Crippen LogP contribution in [0.5, 0.6) is 0 Å². The van der Waals surface area contributed by atoms with Crippen LogP contribution in [0, 0.1) is 6.92 Å². The highest BCUT2D eigenvalue weighted by Gasteiger charge is 2.26. The predicted octanol–water partition coefficient (Wildman–Crippen LogP) is 6.00. The minimum atomic E-state index is -0.109. The van der Waals surface area contributed by atoms with E-state index in [4.69, 9.17) is 11.6 Å². The molecule has 0 saturated heterocycles. The van der Waals surface area contributed by atoms with Crippen molar-refractivity contribution in [3.63, 3.8) is 0 Å². The molecule has 2 aromatic carbocycles. The van der Waals surface area contributed by atoms with Gasteiger partial charge >= 0.3 is 0 Å². The first-order valence-electron chi connectivity index (χ1n) is 9.39. The third-order valence-corrected chi connectivity index (χ3v) is 6.35. The summed E-state index contributed by atoms with van der Waals surface area (Å²) >= 11 is 7.73. The average Bonchev–Trinajstić information content (AvgIpc) is 2.70. The fraction of sp³-hybridized carbons (Fsp3) is 0.217. The van der Waals surface area contributed by atoms with Gasteiger partial charge in [-0.3, -0.25) is 9.78 Å². The van der Waals surface area contributed by atoms with Gasteiger partial charge in [0.15, 0.2) is 0 Å². The van der Waals surface area contributed by atoms with Crippen molar-refractivity contribution in [3.8, 4) is 0 Å². The fourth-order valence-corrected chi connectivity index (χ4v) is 4.84. The summed E-state index contributed by atoms with van der Waals surface area (Å²) < 4.78 is 0. The normalized spacial score (nSPS) is 15.7. The maximum absolute atomic E-state index is 12.9. The number of benzene rings is 2. The zero-order valence-electron chi connectivity index (χ0n) is 15.6. The Labute approximate surface area is 174 Å². The molecule has 0 aliphatic heterocycles. The first-order chi connectivity index (χ1) is 13.6. The maximum Gasteiger partial charge on any atom is 0.270 e. The molecule has 1 amide bonds. The van der Waals surface area contributed by atoms with E-state index in [0.717, 1.165) is 34.7 Å². The lowest BCUT2D eigenvalue weighted by atomic mass is 9.87. The van der Waals surface area contributed by atoms with Crippen molar-refractivity contribution >= 4 is 29.3 Å². The van der Waals surface area contributed by atoms with Crippen LogP contribution in [0.15, 0.2) is 70.6 Å². The van der Waals surface area contributed by atoms with Crippen LogP contribution in [0.4, 0.5) is 0 Å². The van der Waals surface area contributed by atoms with Crippen LogP contribution in [0.25, 0.3) is 0 Å². The lowest BCUT2D eigenvalue weighted by molar-refractivity contribution is 0.0926. The topological polar surface area (TPSA) is 42.0 Å². The van der Waals surface area contributed by atoms with Gasteiger partial charge in [0.1, 0.15) is 5.69 Å². The summed E-state index contributed by atoms with van der Waals surface area (Å²) in [6.45, 7) is 1.92. The summed E-state index contributed by atoms with van der Waals surface area (Å²) in [5.74, 6) is -0.109. The number of hydrogen-bond donors (Lipinski definition) is 1. The molecule has 28 heavy (non-hydrogen) atoms. The van der Waals surface area contributed by atoms with Gasteiger partial charge in [-0.2, -0.15) is 0 Å². The SMILES string of the molecule is Cc1cccnc1C(=O)NC1CCCc2cccc(Sc3ccc(Cl)cc3)c21. The summed E-state index contributed by atoms with van der Waals surface area (Å²) in [6.07, 6.45) is 4.70. The number of halogens is 1. The number of aromatic nitrogens is 1. The van der Waals surface area contributed by atoms with E-state index in [9.17, 15) is 4.79 Å². The van der Waals surface area contributed by atoms with Gasteiger partial charge in [-0.05, 0) is 79.3 Å². The predicted molar refractivity (Wildman–Crippen MR) is 114 cm³/mol. The molecule has 1 atom stereocenters. The Bertz CT molecular complexity index is 1000. The van der Waals surface area contributed by atoms with Crippen LogP contribution in [0.2, 0.25) is 5.02 Å². The molecule has 3 aromatic rings. The number of aryl methyl sites for hydroxylation is 2. The molecule has 0 spiro atoms. The second-order valence-corrected chi connectivity index (χ2v) is 8.52. The van der Waals surface area contributed by atoms with E-state index < -0.39 is 0 Å². The number of carbonyl (C=O) groups is 1. The lowest BCUT2D eigenvalue weighted by Crippen LogP contribution is -2.32. The molecular weight excluding hydrogens is 388 g/mol. The van der Waals surface area contributed by atoms with Crippen LogP contribution in [-0.2, 0) is 6.42 Å². The molecule has 1 aromatic heterocycles. The zero-order chi connectivity index (χ0) is 19.5. The standard InChI is InChI=1S/C23H21ClN2OS/c1-15-5-4-14-25-22(15)23(27)26-19-8-2-6-16-7-3-9-20(21(16)19)28-18-12-10-17(24)11-13-18/h3-5,7,9-14,19H,2,6,8H2,1H3,(H,26,27). The smallest absolute Gasteiger partial charge is 0.270 e. The molecule has 4 rings (SSSR count). The summed E-state index contributed by atoms with van der Waals surface area (Å²) in [7, 11) is 0. The highest BCUT2D eigenvalue weighted by molar-refractivity contribution is 7.99. The van der Waals surface area contributed by atoms with Gasteiger partial charge < -0.3 is 5.32 Å². The van der Waals surface area contributed by atoms with E-state index in [1.165, 1.54) is 16.0 Å². The van der Waals surface area contributed by atoms with E-state index in [2.05, 4.69) is 28.5 Å². The van der Waals surface area contributed by atoms with E-state index in [-0.39, 0.29) is 11.9 Å². The number of amides is 1. The third-order valence-electron chi connectivity index (χ3n) is 5.02. The Morgan fingerprint density at radius 1 is 1.14 bits per heavy atom. The van der Waals surface area contributed by atoms with Gasteiger partial charge in [-0.1, -0.05) is 41.6 Å². The van der Waals surface area contributed by atoms with Crippen LogP contribution in [0.1, 0.15) is 46.1 Å². The number of carbonyl (C=O) groups excluding carboxylic acids is 1. The quantitative estimate of drug-likeness (QED) is 0.575. The number of nitrogens with one attached hydrogen (secondary N) is 1. The van der Waals surface area contributed by atoms with Crippen LogP contribution >= 0.6 is 23.4 Å². The monoisotopic (exact) mass is 408 g/mol. The minimum absolute atomic E-state index is 0.00587. The maximum atomic E-state index is 12.9. The molecule has 1 N–H and O–H groups in total. The first-order valence-corrected chi connectivity index (χ1v) is 10.6. The minimum Gasteiger partial charge on any atom is -0.344 e. The van der Waals surface area contributed by atoms with Crippen molar-refractivity contribution < 1.29 is 4.79 Å². The van der Waals surface area contributed by atoms with Crippen molar-refractivity contribution in [2.75, 3.05) is 0 Å². The van der Waals surface area contributed by atoms with Crippen molar-refractivity contribution in [1.82, 2.24) is 10.3 Å². The molecule has 0 fully saturated rings. The van der Waals surface area contributed by atoms with Gasteiger partial charge in [0.05, 0.1) is 6.04 Å². The number of fused-ring (bicyclic) bond motifs is 1. The van der Waals surface area contributed by atoms with Crippen molar-refractivity contribution in [1.29, 1.82) is 0 Å². The summed E-state index contributed by atoms with van der Waals surface area (Å²) in [5.41, 5.74) is 3.93. The summed E-state index contributed by atoms with van der Waals surface area (Å²) in [5, 5.41) is 3.96. The van der Waals surface area contributed by atoms with Gasteiger partial charge in [0.2, 0.25) is 0 Å². The molecule has 1 aliphatic carbocycles. The number of rotatable bonds is 4. The van der Waals surface area contributed by atoms with E-state index in [0.29, 0.717) is 5.69 Å². The third kappa shape index (κ3) is 4.08. The van der Waals surface area contributed by atoms with Gasteiger partial charge in [0, 0.05) is 21.0 Å². The largest absolute Gasteiger partial charge is 0.344 e. The van der Waals surface area contributed by atoms with Gasteiger partial charge in [-0.25, -0.2) is 0 Å². The molecule has 0 saturated carbocycles. The number of pyridine rings is 1. The van der Waals surface area contributed by atoms with Gasteiger partial charge in [-0.15, -0.1) is 0 Å². The Morgan fingerprint density at radius 2 is 1.96 bits per heavy atom.